The molecule has 9 nitrogen and oxygen atoms in total. The topological polar surface area (TPSA) is 125 Å². The third kappa shape index (κ3) is 10.1. The van der Waals surface area contributed by atoms with Crippen molar-refractivity contribution in [1.82, 2.24) is 15.1 Å². The SMILES string of the molecule is CCCN(CC1CCN(C(=O)NC(C)C)CC1)[C@H](C)Cc1cccc(NC(=O)c2ccc(S(N)(=O)=O)cc2)c1.Cl. The fraction of sp³-hybridized carbons (Fsp3) is 0.517. The van der Waals surface area contributed by atoms with E-state index in [1.807, 2.05) is 36.9 Å². The van der Waals surface area contributed by atoms with Gasteiger partial charge in [0.25, 0.3) is 5.91 Å². The Labute approximate surface area is 245 Å². The van der Waals surface area contributed by atoms with Gasteiger partial charge in [0, 0.05) is 43.0 Å². The summed E-state index contributed by atoms with van der Waals surface area (Å²) >= 11 is 0. The Bertz CT molecular complexity index is 1220. The third-order valence-electron chi connectivity index (χ3n) is 7.10. The molecule has 0 aromatic heterocycles. The molecule has 0 aliphatic carbocycles. The minimum Gasteiger partial charge on any atom is -0.336 e. The van der Waals surface area contributed by atoms with Crippen LogP contribution in [0, 0.1) is 5.92 Å². The smallest absolute Gasteiger partial charge is 0.317 e. The van der Waals surface area contributed by atoms with Crippen LogP contribution in [0.25, 0.3) is 0 Å². The number of urea groups is 1. The summed E-state index contributed by atoms with van der Waals surface area (Å²) in [5.74, 6) is 0.246. The van der Waals surface area contributed by atoms with Crippen molar-refractivity contribution in [3.8, 4) is 0 Å². The Morgan fingerprint density at radius 2 is 1.73 bits per heavy atom. The van der Waals surface area contributed by atoms with Crippen LogP contribution in [0.4, 0.5) is 10.5 Å². The molecule has 1 aliphatic rings. The number of piperidine rings is 1. The molecule has 11 heteroatoms. The second-order valence-corrected chi connectivity index (χ2v) is 12.4. The zero-order chi connectivity index (χ0) is 28.6. The van der Waals surface area contributed by atoms with Gasteiger partial charge in [0.15, 0.2) is 0 Å². The summed E-state index contributed by atoms with van der Waals surface area (Å²) in [4.78, 5) is 29.5. The lowest BCUT2D eigenvalue weighted by atomic mass is 9.95. The first-order valence-electron chi connectivity index (χ1n) is 13.8. The van der Waals surface area contributed by atoms with Crippen molar-refractivity contribution in [2.45, 2.75) is 70.4 Å². The highest BCUT2D eigenvalue weighted by Gasteiger charge is 2.26. The molecule has 2 aromatic carbocycles. The van der Waals surface area contributed by atoms with E-state index >= 15 is 0 Å². The van der Waals surface area contributed by atoms with Crippen LogP contribution in [0.5, 0.6) is 0 Å². The molecule has 4 N–H and O–H groups in total. The van der Waals surface area contributed by atoms with Crippen LogP contribution in [-0.4, -0.2) is 68.4 Å². The Morgan fingerprint density at radius 3 is 2.30 bits per heavy atom. The molecule has 3 rings (SSSR count). The Kier molecular flexibility index (Phi) is 12.9. The van der Waals surface area contributed by atoms with E-state index < -0.39 is 10.0 Å². The number of benzene rings is 2. The zero-order valence-electron chi connectivity index (χ0n) is 23.9. The molecule has 2 aromatic rings. The van der Waals surface area contributed by atoms with Crippen molar-refractivity contribution in [3.05, 3.63) is 59.7 Å². The van der Waals surface area contributed by atoms with Crippen LogP contribution in [-0.2, 0) is 16.4 Å². The van der Waals surface area contributed by atoms with Crippen molar-refractivity contribution in [2.24, 2.45) is 11.1 Å². The van der Waals surface area contributed by atoms with Crippen molar-refractivity contribution in [2.75, 3.05) is 31.5 Å². The third-order valence-corrected chi connectivity index (χ3v) is 8.03. The highest BCUT2D eigenvalue weighted by atomic mass is 35.5. The van der Waals surface area contributed by atoms with Crippen molar-refractivity contribution >= 4 is 40.1 Å². The first-order chi connectivity index (χ1) is 18.5. The van der Waals surface area contributed by atoms with Gasteiger partial charge in [-0.15, -0.1) is 12.4 Å². The molecule has 0 spiro atoms. The molecule has 0 radical (unpaired) electrons. The first-order valence-corrected chi connectivity index (χ1v) is 15.3. The van der Waals surface area contributed by atoms with Crippen molar-refractivity contribution in [1.29, 1.82) is 0 Å². The number of carbonyl (C=O) groups is 2. The monoisotopic (exact) mass is 593 g/mol. The number of primary sulfonamides is 1. The van der Waals surface area contributed by atoms with E-state index in [1.165, 1.54) is 24.3 Å². The lowest BCUT2D eigenvalue weighted by molar-refractivity contribution is 0.102. The number of likely N-dealkylation sites (tertiary alicyclic amines) is 1. The summed E-state index contributed by atoms with van der Waals surface area (Å²) in [6.07, 6.45) is 3.94. The average molecular weight is 594 g/mol. The largest absolute Gasteiger partial charge is 0.336 e. The zero-order valence-corrected chi connectivity index (χ0v) is 25.6. The Morgan fingerprint density at radius 1 is 1.07 bits per heavy atom. The van der Waals surface area contributed by atoms with E-state index in [2.05, 4.69) is 35.4 Å². The van der Waals surface area contributed by atoms with Gasteiger partial charge < -0.3 is 20.4 Å². The summed E-state index contributed by atoms with van der Waals surface area (Å²) in [5, 5.41) is 11.0. The van der Waals surface area contributed by atoms with Crippen LogP contribution in [0.2, 0.25) is 0 Å². The molecular weight excluding hydrogens is 550 g/mol. The Balaban J connectivity index is 0.00000560. The molecule has 1 saturated heterocycles. The van der Waals surface area contributed by atoms with E-state index in [0.717, 1.165) is 57.4 Å². The molecule has 222 valence electrons. The number of rotatable bonds is 11. The highest BCUT2D eigenvalue weighted by molar-refractivity contribution is 7.89. The maximum absolute atomic E-state index is 12.7. The number of nitrogens with one attached hydrogen (secondary N) is 2. The molecule has 1 aliphatic heterocycles. The summed E-state index contributed by atoms with van der Waals surface area (Å²) in [6.45, 7) is 12.0. The number of sulfonamides is 1. The minimum atomic E-state index is -3.81. The lowest BCUT2D eigenvalue weighted by Crippen LogP contribution is -2.48. The minimum absolute atomic E-state index is 0. The molecule has 1 atom stereocenters. The summed E-state index contributed by atoms with van der Waals surface area (Å²) < 4.78 is 22.9. The number of nitrogens with zero attached hydrogens (tertiary/aromatic N) is 2. The number of hydrogen-bond acceptors (Lipinski definition) is 5. The predicted molar refractivity (Wildman–Crippen MR) is 162 cm³/mol. The summed E-state index contributed by atoms with van der Waals surface area (Å²) in [5.41, 5.74) is 2.17. The van der Waals surface area contributed by atoms with Crippen molar-refractivity contribution < 1.29 is 18.0 Å². The van der Waals surface area contributed by atoms with Gasteiger partial charge in [-0.3, -0.25) is 4.79 Å². The van der Waals surface area contributed by atoms with Crippen LogP contribution < -0.4 is 15.8 Å². The maximum Gasteiger partial charge on any atom is 0.317 e. The molecule has 0 bridgehead atoms. The normalized spacial score (nSPS) is 15.0. The van der Waals surface area contributed by atoms with E-state index in [4.69, 9.17) is 5.14 Å². The van der Waals surface area contributed by atoms with E-state index in [1.54, 1.807) is 0 Å². The van der Waals surface area contributed by atoms with Crippen molar-refractivity contribution in [3.63, 3.8) is 0 Å². The number of anilines is 1. The summed E-state index contributed by atoms with van der Waals surface area (Å²) in [7, 11) is -3.81. The number of amides is 3. The standard InChI is InChI=1S/C29H43N5O4S.ClH/c1-5-15-34(20-23-13-16-33(17-14-23)29(36)31-21(2)3)22(4)18-24-7-6-8-26(19-24)32-28(35)25-9-11-27(12-10-25)39(30,37)38;/h6-12,19,21-23H,5,13-18,20H2,1-4H3,(H,31,36)(H,32,35)(H2,30,37,38);1H/t22-;/m1./s1. The quantitative estimate of drug-likeness (QED) is 0.354. The number of halogens is 1. The fourth-order valence-corrected chi connectivity index (χ4v) is 5.53. The van der Waals surface area contributed by atoms with Crippen LogP contribution in [0.3, 0.4) is 0 Å². The average Bonchev–Trinajstić information content (AvgIpc) is 2.88. The predicted octanol–water partition coefficient (Wildman–Crippen LogP) is 4.48. The Hall–Kier alpha value is -2.66. The van der Waals surface area contributed by atoms with Gasteiger partial charge in [-0.2, -0.15) is 0 Å². The molecule has 3 amide bonds. The molecular formula is C29H44ClN5O4S. The summed E-state index contributed by atoms with van der Waals surface area (Å²) in [6, 6.07) is 13.9. The van der Waals surface area contributed by atoms with Gasteiger partial charge in [0.05, 0.1) is 4.90 Å². The van der Waals surface area contributed by atoms with Gasteiger partial charge in [-0.25, -0.2) is 18.4 Å². The number of nitrogens with two attached hydrogens (primary N) is 1. The lowest BCUT2D eigenvalue weighted by Gasteiger charge is -2.37. The second-order valence-electron chi connectivity index (χ2n) is 10.8. The van der Waals surface area contributed by atoms with E-state index in [9.17, 15) is 18.0 Å². The maximum atomic E-state index is 12.7. The first kappa shape index (κ1) is 33.5. The molecule has 40 heavy (non-hydrogen) atoms. The molecule has 1 heterocycles. The van der Waals surface area contributed by atoms with Gasteiger partial charge >= 0.3 is 6.03 Å². The van der Waals surface area contributed by atoms with E-state index in [-0.39, 0.29) is 35.3 Å². The molecule has 0 unspecified atom stereocenters. The number of hydrogen-bond donors (Lipinski definition) is 3. The van der Waals surface area contributed by atoms with Crippen LogP contribution in [0.15, 0.2) is 53.4 Å². The van der Waals surface area contributed by atoms with E-state index in [0.29, 0.717) is 23.2 Å². The van der Waals surface area contributed by atoms with Gasteiger partial charge in [0.1, 0.15) is 0 Å². The second kappa shape index (κ2) is 15.4. The van der Waals surface area contributed by atoms with Gasteiger partial charge in [-0.1, -0.05) is 19.1 Å². The van der Waals surface area contributed by atoms with Crippen LogP contribution in [0.1, 0.15) is 62.9 Å². The molecule has 0 saturated carbocycles. The fourth-order valence-electron chi connectivity index (χ4n) is 5.01. The highest BCUT2D eigenvalue weighted by Crippen LogP contribution is 2.22. The van der Waals surface area contributed by atoms with Gasteiger partial charge in [0.2, 0.25) is 10.0 Å². The van der Waals surface area contributed by atoms with Crippen LogP contribution >= 0.6 is 12.4 Å². The number of carbonyl (C=O) groups excluding carboxylic acids is 2. The molecule has 1 fully saturated rings. The van der Waals surface area contributed by atoms with Gasteiger partial charge in [-0.05, 0) is 101 Å².